The second-order valence-electron chi connectivity index (χ2n) is 2.73. The maximum absolute atomic E-state index is 2.12. The van der Waals surface area contributed by atoms with Crippen LogP contribution in [0, 0.1) is 0 Å². The highest BCUT2D eigenvalue weighted by molar-refractivity contribution is 5.75. The van der Waals surface area contributed by atoms with E-state index in [1.807, 2.05) is 36.4 Å². The van der Waals surface area contributed by atoms with Crippen molar-refractivity contribution in [2.75, 3.05) is 0 Å². The Balaban J connectivity index is 0.0000000939. The lowest BCUT2D eigenvalue weighted by molar-refractivity contribution is 1.55. The molecule has 0 atom stereocenters. The highest BCUT2D eigenvalue weighted by Crippen LogP contribution is 2.29. The Morgan fingerprint density at radius 2 is 0.667 bits per heavy atom. The van der Waals surface area contributed by atoms with Gasteiger partial charge in [-0.3, -0.25) is 0 Å². The average Bonchev–Trinajstić information content (AvgIpc) is 2.15. The van der Waals surface area contributed by atoms with Crippen LogP contribution in [0.2, 0.25) is 0 Å². The number of benzene rings is 2. The first-order chi connectivity index (χ1) is 5.97. The van der Waals surface area contributed by atoms with Gasteiger partial charge in [0, 0.05) is 0 Å². The van der Waals surface area contributed by atoms with E-state index in [4.69, 9.17) is 0 Å². The smallest absolute Gasteiger partial charge is 0.0184 e. The minimum absolute atomic E-state index is 1.43. The summed E-state index contributed by atoms with van der Waals surface area (Å²) in [5, 5.41) is 0. The Labute approximate surface area is 72.5 Å². The van der Waals surface area contributed by atoms with Gasteiger partial charge < -0.3 is 0 Å². The molecule has 3 rings (SSSR count). The van der Waals surface area contributed by atoms with Gasteiger partial charge in [0.2, 0.25) is 0 Å². The third-order valence-corrected chi connectivity index (χ3v) is 1.88. The molecule has 0 saturated carbocycles. The standard InChI is InChI=1S/C6H4.C6H6/c1-2-6-4-3-5(1)6;1-2-4-6-5-3-1/h1-4H;1-6H. The lowest BCUT2D eigenvalue weighted by atomic mass is 9.95. The van der Waals surface area contributed by atoms with Crippen LogP contribution < -0.4 is 0 Å². The van der Waals surface area contributed by atoms with Crippen molar-refractivity contribution in [1.82, 2.24) is 0 Å². The first-order valence-corrected chi connectivity index (χ1v) is 4.07. The molecule has 0 bridgehead atoms. The van der Waals surface area contributed by atoms with Crippen LogP contribution in [0.25, 0.3) is 11.1 Å². The summed E-state index contributed by atoms with van der Waals surface area (Å²) < 4.78 is 0. The molecule has 0 radical (unpaired) electrons. The van der Waals surface area contributed by atoms with Gasteiger partial charge in [0.1, 0.15) is 0 Å². The summed E-state index contributed by atoms with van der Waals surface area (Å²) in [7, 11) is 0. The number of hydrogen-bond donors (Lipinski definition) is 0. The van der Waals surface area contributed by atoms with Gasteiger partial charge in [-0.2, -0.15) is 0 Å². The monoisotopic (exact) mass is 154 g/mol. The van der Waals surface area contributed by atoms with Gasteiger partial charge in [0.15, 0.2) is 0 Å². The molecule has 0 heteroatoms. The predicted molar refractivity (Wildman–Crippen MR) is 51.9 cm³/mol. The van der Waals surface area contributed by atoms with Crippen molar-refractivity contribution in [3.05, 3.63) is 60.7 Å². The molecule has 0 N–H and O–H groups in total. The molecule has 0 nitrogen and oxygen atoms in total. The summed E-state index contributed by atoms with van der Waals surface area (Å²) in [5.74, 6) is 0. The lowest BCUT2D eigenvalue weighted by Gasteiger charge is -2.10. The van der Waals surface area contributed by atoms with Crippen molar-refractivity contribution >= 4 is 0 Å². The maximum Gasteiger partial charge on any atom is -0.0184 e. The van der Waals surface area contributed by atoms with Crippen molar-refractivity contribution in [2.24, 2.45) is 0 Å². The molecule has 1 aromatic carbocycles. The first-order valence-electron chi connectivity index (χ1n) is 4.07. The van der Waals surface area contributed by atoms with Gasteiger partial charge in [-0.05, 0) is 11.1 Å². The van der Waals surface area contributed by atoms with Crippen LogP contribution in [-0.4, -0.2) is 0 Å². The van der Waals surface area contributed by atoms with E-state index in [2.05, 4.69) is 24.3 Å². The van der Waals surface area contributed by atoms with E-state index < -0.39 is 0 Å². The summed E-state index contributed by atoms with van der Waals surface area (Å²) in [6.45, 7) is 0. The Morgan fingerprint density at radius 3 is 0.750 bits per heavy atom. The zero-order valence-electron chi connectivity index (χ0n) is 6.77. The number of fused-ring (bicyclic) bond motifs is 1. The third-order valence-electron chi connectivity index (χ3n) is 1.88. The van der Waals surface area contributed by atoms with Crippen molar-refractivity contribution in [1.29, 1.82) is 0 Å². The lowest BCUT2D eigenvalue weighted by Crippen LogP contribution is -1.85. The summed E-state index contributed by atoms with van der Waals surface area (Å²) in [5.41, 5.74) is 2.85. The molecule has 2 aliphatic carbocycles. The van der Waals surface area contributed by atoms with E-state index in [0.29, 0.717) is 0 Å². The minimum atomic E-state index is 1.43. The molecule has 0 saturated heterocycles. The summed E-state index contributed by atoms with van der Waals surface area (Å²) >= 11 is 0. The molecule has 12 heavy (non-hydrogen) atoms. The quantitative estimate of drug-likeness (QED) is 0.465. The minimum Gasteiger partial charge on any atom is -0.0623 e. The fourth-order valence-corrected chi connectivity index (χ4v) is 1.05. The zero-order chi connectivity index (χ0) is 8.23. The van der Waals surface area contributed by atoms with Crippen molar-refractivity contribution in [3.63, 3.8) is 0 Å². The van der Waals surface area contributed by atoms with E-state index in [1.165, 1.54) is 11.1 Å². The van der Waals surface area contributed by atoms with Gasteiger partial charge in [-0.1, -0.05) is 60.7 Å². The van der Waals surface area contributed by atoms with Crippen molar-refractivity contribution in [2.45, 2.75) is 0 Å². The third kappa shape index (κ3) is 1.37. The Kier molecular flexibility index (Phi) is 1.91. The van der Waals surface area contributed by atoms with Crippen LogP contribution in [0.4, 0.5) is 0 Å². The Hall–Kier alpha value is -1.56. The highest BCUT2D eigenvalue weighted by Gasteiger charge is 2.03. The molecular formula is C12H10. The van der Waals surface area contributed by atoms with Gasteiger partial charge in [0.05, 0.1) is 0 Å². The van der Waals surface area contributed by atoms with Crippen LogP contribution >= 0.6 is 0 Å². The van der Waals surface area contributed by atoms with E-state index in [9.17, 15) is 0 Å². The molecule has 0 spiro atoms. The largest absolute Gasteiger partial charge is 0.0623 e. The normalized spacial score (nSPS) is 9.67. The zero-order valence-corrected chi connectivity index (χ0v) is 6.77. The van der Waals surface area contributed by atoms with Crippen LogP contribution in [0.3, 0.4) is 0 Å². The number of hydrogen-bond acceptors (Lipinski definition) is 0. The van der Waals surface area contributed by atoms with Gasteiger partial charge in [0.25, 0.3) is 0 Å². The second kappa shape index (κ2) is 3.22. The molecule has 0 fully saturated rings. The van der Waals surface area contributed by atoms with Crippen LogP contribution in [0.1, 0.15) is 0 Å². The van der Waals surface area contributed by atoms with Crippen LogP contribution in [-0.2, 0) is 0 Å². The fraction of sp³-hybridized carbons (Fsp3) is 0. The Bertz CT molecular complexity index is 282. The van der Waals surface area contributed by atoms with Gasteiger partial charge >= 0.3 is 0 Å². The SMILES string of the molecule is c1cc2ccc1-2.c1ccccc1. The molecule has 0 aliphatic heterocycles. The molecule has 1 aromatic rings. The van der Waals surface area contributed by atoms with E-state index in [-0.39, 0.29) is 0 Å². The van der Waals surface area contributed by atoms with Crippen molar-refractivity contribution < 1.29 is 0 Å². The second-order valence-corrected chi connectivity index (χ2v) is 2.73. The fourth-order valence-electron chi connectivity index (χ4n) is 1.05. The molecular weight excluding hydrogens is 144 g/mol. The molecule has 0 amide bonds. The number of rotatable bonds is 0. The van der Waals surface area contributed by atoms with Gasteiger partial charge in [-0.25, -0.2) is 0 Å². The molecule has 0 heterocycles. The first kappa shape index (κ1) is 7.11. The van der Waals surface area contributed by atoms with E-state index >= 15 is 0 Å². The van der Waals surface area contributed by atoms with Crippen molar-refractivity contribution in [3.8, 4) is 11.1 Å². The molecule has 58 valence electrons. The Morgan fingerprint density at radius 1 is 0.417 bits per heavy atom. The summed E-state index contributed by atoms with van der Waals surface area (Å²) in [4.78, 5) is 0. The van der Waals surface area contributed by atoms with Crippen LogP contribution in [0.5, 0.6) is 0 Å². The van der Waals surface area contributed by atoms with Gasteiger partial charge in [-0.15, -0.1) is 0 Å². The molecule has 0 unspecified atom stereocenters. The summed E-state index contributed by atoms with van der Waals surface area (Å²) in [6, 6.07) is 20.5. The topological polar surface area (TPSA) is 0 Å². The molecule has 2 aliphatic rings. The van der Waals surface area contributed by atoms with Crippen LogP contribution in [0.15, 0.2) is 60.7 Å². The van der Waals surface area contributed by atoms with E-state index in [0.717, 1.165) is 0 Å². The molecule has 0 aromatic heterocycles. The van der Waals surface area contributed by atoms with E-state index in [1.54, 1.807) is 0 Å². The highest BCUT2D eigenvalue weighted by atomic mass is 14.1. The summed E-state index contributed by atoms with van der Waals surface area (Å²) in [6.07, 6.45) is 0. The average molecular weight is 154 g/mol. The predicted octanol–water partition coefficient (Wildman–Crippen LogP) is 3.35. The maximum atomic E-state index is 2.12.